The molecule has 5 amide bonds. The van der Waals surface area contributed by atoms with E-state index in [1.54, 1.807) is 34.6 Å². The van der Waals surface area contributed by atoms with Crippen LogP contribution in [0.4, 0.5) is 10.5 Å². The van der Waals surface area contributed by atoms with Crippen LogP contribution >= 0.6 is 0 Å². The average molecular weight is 596 g/mol. The Morgan fingerprint density at radius 1 is 0.930 bits per heavy atom. The Balaban J connectivity index is 1.06. The molecule has 0 radical (unpaired) electrons. The minimum atomic E-state index is -0.378. The van der Waals surface area contributed by atoms with Crippen LogP contribution in [0.3, 0.4) is 0 Å². The van der Waals surface area contributed by atoms with E-state index in [1.165, 1.54) is 19.3 Å². The number of hydroxylamine groups is 1. The van der Waals surface area contributed by atoms with Crippen LogP contribution < -0.4 is 21.4 Å². The first-order chi connectivity index (χ1) is 20.5. The van der Waals surface area contributed by atoms with E-state index in [0.717, 1.165) is 51.4 Å². The van der Waals surface area contributed by atoms with Crippen LogP contribution in [0.2, 0.25) is 0 Å². The molecule has 1 aromatic carbocycles. The average Bonchev–Trinajstić information content (AvgIpc) is 2.94. The molecule has 5 atom stereocenters. The summed E-state index contributed by atoms with van der Waals surface area (Å²) in [7, 11) is 0. The largest absolute Gasteiger partial charge is 0.356 e. The number of rotatable bonds is 11. The summed E-state index contributed by atoms with van der Waals surface area (Å²) in [5.74, 6) is -0.0382. The highest BCUT2D eigenvalue weighted by molar-refractivity contribution is 5.96. The zero-order valence-electron chi connectivity index (χ0n) is 25.8. The van der Waals surface area contributed by atoms with Gasteiger partial charge >= 0.3 is 6.03 Å². The number of piperidine rings is 1. The van der Waals surface area contributed by atoms with Crippen LogP contribution in [0.15, 0.2) is 24.3 Å². The minimum Gasteiger partial charge on any atom is -0.356 e. The van der Waals surface area contributed by atoms with Gasteiger partial charge in [0.25, 0.3) is 5.91 Å². The molecule has 6 rings (SSSR count). The molecule has 236 valence electrons. The number of hydrogen-bond acceptors (Lipinski definition) is 5. The number of likely N-dealkylation sites (tertiary alicyclic amines) is 1. The number of urea groups is 1. The minimum absolute atomic E-state index is 0.0234. The van der Waals surface area contributed by atoms with Gasteiger partial charge in [-0.25, -0.2) is 10.3 Å². The van der Waals surface area contributed by atoms with Crippen LogP contribution in [-0.4, -0.2) is 59.0 Å². The molecule has 43 heavy (non-hydrogen) atoms. The Labute approximate surface area is 255 Å². The molecular weight excluding hydrogens is 546 g/mol. The fourth-order valence-electron chi connectivity index (χ4n) is 9.42. The van der Waals surface area contributed by atoms with Crippen molar-refractivity contribution in [3.05, 3.63) is 29.8 Å². The van der Waals surface area contributed by atoms with Crippen molar-refractivity contribution < 1.29 is 24.4 Å². The topological polar surface area (TPSA) is 140 Å². The van der Waals surface area contributed by atoms with Crippen molar-refractivity contribution in [2.45, 2.75) is 103 Å². The number of amides is 5. The monoisotopic (exact) mass is 595 g/mol. The van der Waals surface area contributed by atoms with Gasteiger partial charge in [0.05, 0.1) is 5.92 Å². The third-order valence-electron chi connectivity index (χ3n) is 10.2. The molecule has 10 heteroatoms. The van der Waals surface area contributed by atoms with Crippen LogP contribution in [0.25, 0.3) is 0 Å². The summed E-state index contributed by atoms with van der Waals surface area (Å²) < 4.78 is 0. The molecule has 4 saturated carbocycles. The van der Waals surface area contributed by atoms with Gasteiger partial charge < -0.3 is 20.9 Å². The van der Waals surface area contributed by atoms with Gasteiger partial charge in [-0.3, -0.25) is 19.6 Å². The summed E-state index contributed by atoms with van der Waals surface area (Å²) in [5.41, 5.74) is 3.35. The van der Waals surface area contributed by atoms with Gasteiger partial charge in [0.15, 0.2) is 0 Å². The maximum absolute atomic E-state index is 13.3. The number of benzene rings is 1. The lowest BCUT2D eigenvalue weighted by Gasteiger charge is -2.65. The van der Waals surface area contributed by atoms with Crippen LogP contribution in [0.1, 0.15) is 108 Å². The Morgan fingerprint density at radius 3 is 2.30 bits per heavy atom. The third kappa shape index (κ3) is 7.69. The normalized spacial score (nSPS) is 30.9. The lowest BCUT2D eigenvalue weighted by atomic mass is 9.43. The van der Waals surface area contributed by atoms with Gasteiger partial charge in [-0.15, -0.1) is 0 Å². The fraction of sp³-hybridized carbons (Fsp3) is 0.697. The number of nitrogens with one attached hydrogen (secondary N) is 4. The predicted octanol–water partition coefficient (Wildman–Crippen LogP) is 4.98. The van der Waals surface area contributed by atoms with E-state index >= 15 is 0 Å². The highest BCUT2D eigenvalue weighted by Gasteiger charge is 2.60. The highest BCUT2D eigenvalue weighted by Crippen LogP contribution is 2.66. The van der Waals surface area contributed by atoms with Crippen molar-refractivity contribution in [1.82, 2.24) is 21.0 Å². The number of anilines is 1. The number of unbranched alkanes of at least 4 members (excludes halogenated alkanes) is 3. The lowest BCUT2D eigenvalue weighted by molar-refractivity contribution is -0.129. The van der Waals surface area contributed by atoms with Gasteiger partial charge in [0.1, 0.15) is 0 Å². The van der Waals surface area contributed by atoms with E-state index in [1.807, 2.05) is 0 Å². The second kappa shape index (κ2) is 12.8. The molecule has 1 heterocycles. The van der Waals surface area contributed by atoms with Gasteiger partial charge in [-0.2, -0.15) is 0 Å². The van der Waals surface area contributed by atoms with Crippen LogP contribution in [0, 0.1) is 22.7 Å². The second-order valence-electron chi connectivity index (χ2n) is 14.6. The highest BCUT2D eigenvalue weighted by atomic mass is 16.5. The standard InChI is InChI=1S/C33H49N5O5/c1-31-16-23-17-32(2,20-31)22-33(18-23,21-31)36-30(42)35-26-12-10-24(11-13-26)29(41)38-15-7-8-25(19-38)28(40)34-14-6-4-3-5-9-27(39)37-43/h10-13,23,25,43H,3-9,14-22H2,1-2H3,(H,34,40)(H,37,39)(H2,35,36,42)/t23?,25?,31-,32+,33?. The zero-order chi connectivity index (χ0) is 30.7. The molecule has 10 nitrogen and oxygen atoms in total. The molecule has 1 aromatic rings. The molecule has 4 bridgehead atoms. The summed E-state index contributed by atoms with van der Waals surface area (Å²) >= 11 is 0. The molecule has 5 aliphatic rings. The second-order valence-corrected chi connectivity index (χ2v) is 14.6. The Kier molecular flexibility index (Phi) is 9.34. The Morgan fingerprint density at radius 2 is 1.63 bits per heavy atom. The van der Waals surface area contributed by atoms with E-state index in [-0.39, 0.29) is 35.2 Å². The number of carbonyl (C=O) groups excluding carboxylic acids is 4. The third-order valence-corrected chi connectivity index (χ3v) is 10.2. The first-order valence-corrected chi connectivity index (χ1v) is 16.2. The number of carbonyl (C=O) groups is 4. The summed E-state index contributed by atoms with van der Waals surface area (Å²) in [4.78, 5) is 51.9. The van der Waals surface area contributed by atoms with E-state index in [0.29, 0.717) is 60.5 Å². The van der Waals surface area contributed by atoms with Crippen molar-refractivity contribution in [1.29, 1.82) is 0 Å². The first-order valence-electron chi connectivity index (χ1n) is 16.2. The SMILES string of the molecule is C[C@]12CC3CC(NC(=O)Nc4ccc(C(=O)N5CCCC(C(=O)NCCCCCCC(=O)NO)C5)cc4)(C1)C[C@@](C)(C3)C2. The van der Waals surface area contributed by atoms with Crippen molar-refractivity contribution >= 4 is 29.4 Å². The van der Waals surface area contributed by atoms with E-state index in [2.05, 4.69) is 29.8 Å². The maximum atomic E-state index is 13.3. The number of hydrogen-bond donors (Lipinski definition) is 5. The van der Waals surface area contributed by atoms with E-state index in [9.17, 15) is 19.2 Å². The van der Waals surface area contributed by atoms with Crippen molar-refractivity contribution in [2.24, 2.45) is 22.7 Å². The summed E-state index contributed by atoms with van der Waals surface area (Å²) in [6.45, 7) is 6.37. The van der Waals surface area contributed by atoms with Gasteiger partial charge in [0.2, 0.25) is 11.8 Å². The summed E-state index contributed by atoms with van der Waals surface area (Å²) in [6.07, 6.45) is 12.1. The Hall–Kier alpha value is -3.14. The van der Waals surface area contributed by atoms with Crippen molar-refractivity contribution in [3.8, 4) is 0 Å². The molecule has 5 N–H and O–H groups in total. The molecule has 1 aliphatic heterocycles. The van der Waals surface area contributed by atoms with E-state index in [4.69, 9.17) is 5.21 Å². The molecule has 3 unspecified atom stereocenters. The summed E-state index contributed by atoms with van der Waals surface area (Å²) in [5, 5.41) is 17.9. The van der Waals surface area contributed by atoms with E-state index < -0.39 is 0 Å². The maximum Gasteiger partial charge on any atom is 0.319 e. The molecule has 1 saturated heterocycles. The fourth-order valence-corrected chi connectivity index (χ4v) is 9.42. The molecule has 0 spiro atoms. The molecular formula is C33H49N5O5. The van der Waals surface area contributed by atoms with Crippen LogP contribution in [0.5, 0.6) is 0 Å². The van der Waals surface area contributed by atoms with Crippen LogP contribution in [-0.2, 0) is 9.59 Å². The van der Waals surface area contributed by atoms with Gasteiger partial charge in [0, 0.05) is 42.8 Å². The first kappa shape index (κ1) is 31.3. The van der Waals surface area contributed by atoms with Crippen molar-refractivity contribution in [3.63, 3.8) is 0 Å². The zero-order valence-corrected chi connectivity index (χ0v) is 25.8. The van der Waals surface area contributed by atoms with Gasteiger partial charge in [-0.1, -0.05) is 26.7 Å². The lowest BCUT2D eigenvalue weighted by Crippen LogP contribution is -2.65. The van der Waals surface area contributed by atoms with Gasteiger partial charge in [-0.05, 0) is 105 Å². The predicted molar refractivity (Wildman–Crippen MR) is 163 cm³/mol. The Bertz CT molecular complexity index is 1180. The summed E-state index contributed by atoms with van der Waals surface area (Å²) in [6, 6.07) is 6.88. The molecule has 0 aromatic heterocycles. The quantitative estimate of drug-likeness (QED) is 0.139. The smallest absolute Gasteiger partial charge is 0.319 e. The van der Waals surface area contributed by atoms with Crippen molar-refractivity contribution in [2.75, 3.05) is 25.0 Å². The molecule has 5 fully saturated rings. The number of nitrogens with zero attached hydrogens (tertiary/aromatic N) is 1. The molecule has 4 aliphatic carbocycles.